The van der Waals surface area contributed by atoms with Crippen molar-refractivity contribution in [1.82, 2.24) is 5.32 Å². The van der Waals surface area contributed by atoms with E-state index in [1.54, 1.807) is 0 Å². The molecule has 118 valence electrons. The van der Waals surface area contributed by atoms with E-state index < -0.39 is 11.9 Å². The molecule has 1 fully saturated rings. The fraction of sp³-hybridized carbons (Fsp3) is 0.500. The molecular formula is C16H19NO5. The first-order valence-corrected chi connectivity index (χ1v) is 7.29. The monoisotopic (exact) mass is 305 g/mol. The molecule has 2 aliphatic rings. The van der Waals surface area contributed by atoms with Gasteiger partial charge in [-0.2, -0.15) is 0 Å². The van der Waals surface area contributed by atoms with Crippen molar-refractivity contribution in [2.75, 3.05) is 13.3 Å². The second-order valence-corrected chi connectivity index (χ2v) is 6.46. The van der Waals surface area contributed by atoms with Crippen molar-refractivity contribution in [3.05, 3.63) is 23.8 Å². The highest BCUT2D eigenvalue weighted by Crippen LogP contribution is 2.39. The van der Waals surface area contributed by atoms with Gasteiger partial charge in [-0.15, -0.1) is 0 Å². The number of nitrogens with one attached hydrogen (secondary N) is 1. The van der Waals surface area contributed by atoms with Gasteiger partial charge in [0.25, 0.3) is 0 Å². The molecule has 1 aliphatic heterocycles. The number of amides is 1. The Morgan fingerprint density at radius 1 is 1.27 bits per heavy atom. The Balaban J connectivity index is 1.61. The molecule has 6 heteroatoms. The molecule has 0 bridgehead atoms. The van der Waals surface area contributed by atoms with E-state index in [1.165, 1.54) is 0 Å². The first-order valence-electron chi connectivity index (χ1n) is 7.29. The Hall–Kier alpha value is -2.24. The molecule has 1 aromatic carbocycles. The van der Waals surface area contributed by atoms with Crippen molar-refractivity contribution in [2.45, 2.75) is 25.7 Å². The Bertz CT molecular complexity index is 625. The van der Waals surface area contributed by atoms with Gasteiger partial charge in [-0.25, -0.2) is 0 Å². The summed E-state index contributed by atoms with van der Waals surface area (Å²) in [5.74, 6) is -0.536. The van der Waals surface area contributed by atoms with Gasteiger partial charge in [0.05, 0.1) is 11.8 Å². The van der Waals surface area contributed by atoms with Crippen molar-refractivity contribution >= 4 is 11.9 Å². The average molecular weight is 305 g/mol. The zero-order valence-corrected chi connectivity index (χ0v) is 12.6. The number of rotatable bonds is 5. The summed E-state index contributed by atoms with van der Waals surface area (Å²) in [6.07, 6.45) is 0.436. The lowest BCUT2D eigenvalue weighted by Gasteiger charge is -2.26. The van der Waals surface area contributed by atoms with Crippen molar-refractivity contribution in [3.63, 3.8) is 0 Å². The molecule has 0 unspecified atom stereocenters. The van der Waals surface area contributed by atoms with E-state index in [2.05, 4.69) is 5.32 Å². The quantitative estimate of drug-likeness (QED) is 0.862. The summed E-state index contributed by atoms with van der Waals surface area (Å²) in [5.41, 5.74) is 0.743. The van der Waals surface area contributed by atoms with Crippen LogP contribution in [-0.4, -0.2) is 30.3 Å². The van der Waals surface area contributed by atoms with Gasteiger partial charge >= 0.3 is 5.97 Å². The molecule has 22 heavy (non-hydrogen) atoms. The lowest BCUT2D eigenvalue weighted by atomic mass is 9.84. The first kappa shape index (κ1) is 14.7. The second kappa shape index (κ2) is 5.19. The molecule has 2 atom stereocenters. The molecule has 0 saturated heterocycles. The van der Waals surface area contributed by atoms with E-state index in [9.17, 15) is 9.59 Å². The topological polar surface area (TPSA) is 84.9 Å². The lowest BCUT2D eigenvalue weighted by Crippen LogP contribution is -2.37. The number of carbonyl (C=O) groups excluding carboxylic acids is 1. The van der Waals surface area contributed by atoms with E-state index in [0.29, 0.717) is 18.7 Å². The van der Waals surface area contributed by atoms with Crippen LogP contribution in [0.3, 0.4) is 0 Å². The Labute approximate surface area is 128 Å². The van der Waals surface area contributed by atoms with E-state index in [4.69, 9.17) is 14.6 Å². The van der Waals surface area contributed by atoms with Gasteiger partial charge in [-0.3, -0.25) is 9.59 Å². The van der Waals surface area contributed by atoms with Crippen LogP contribution in [0.25, 0.3) is 0 Å². The predicted molar refractivity (Wildman–Crippen MR) is 77.8 cm³/mol. The Morgan fingerprint density at radius 2 is 2.00 bits per heavy atom. The van der Waals surface area contributed by atoms with Crippen molar-refractivity contribution in [3.8, 4) is 11.5 Å². The van der Waals surface area contributed by atoms with Crippen molar-refractivity contribution in [1.29, 1.82) is 0 Å². The van der Waals surface area contributed by atoms with Crippen LogP contribution in [0.2, 0.25) is 0 Å². The van der Waals surface area contributed by atoms with Crippen LogP contribution in [0.4, 0.5) is 0 Å². The molecule has 2 N–H and O–H groups in total. The number of aliphatic carboxylic acids is 1. The number of fused-ring (bicyclic) bond motifs is 1. The maximum Gasteiger partial charge on any atom is 0.307 e. The summed E-state index contributed by atoms with van der Waals surface area (Å²) in [6, 6.07) is 5.74. The molecule has 0 spiro atoms. The average Bonchev–Trinajstić information content (AvgIpc) is 3.15. The number of hydrogen-bond donors (Lipinski definition) is 2. The molecule has 3 rings (SSSR count). The minimum atomic E-state index is -0.893. The van der Waals surface area contributed by atoms with Crippen LogP contribution >= 0.6 is 0 Å². The van der Waals surface area contributed by atoms with Gasteiger partial charge in [-0.1, -0.05) is 19.9 Å². The molecule has 0 radical (unpaired) electrons. The molecule has 1 amide bonds. The Kier molecular flexibility index (Phi) is 3.47. The minimum absolute atomic E-state index is 0.179. The maximum absolute atomic E-state index is 12.0. The first-order chi connectivity index (χ1) is 10.4. The van der Waals surface area contributed by atoms with Crippen LogP contribution in [-0.2, 0) is 15.0 Å². The zero-order chi connectivity index (χ0) is 15.9. The number of hydrogen-bond acceptors (Lipinski definition) is 4. The van der Waals surface area contributed by atoms with Crippen LogP contribution < -0.4 is 14.8 Å². The molecule has 1 saturated carbocycles. The number of benzene rings is 1. The fourth-order valence-electron chi connectivity index (χ4n) is 2.62. The molecular weight excluding hydrogens is 286 g/mol. The smallest absolute Gasteiger partial charge is 0.307 e. The summed E-state index contributed by atoms with van der Waals surface area (Å²) in [4.78, 5) is 22.8. The van der Waals surface area contributed by atoms with Gasteiger partial charge < -0.3 is 19.9 Å². The Morgan fingerprint density at radius 3 is 2.68 bits per heavy atom. The van der Waals surface area contributed by atoms with Gasteiger partial charge in [0, 0.05) is 12.0 Å². The molecule has 1 aliphatic carbocycles. The summed E-state index contributed by atoms with van der Waals surface area (Å²) in [6.45, 7) is 4.71. The molecule has 1 heterocycles. The second-order valence-electron chi connectivity index (χ2n) is 6.46. The predicted octanol–water partition coefficient (Wildman–Crippen LogP) is 1.53. The normalized spacial score (nSPS) is 22.3. The number of ether oxygens (including phenoxy) is 2. The van der Waals surface area contributed by atoms with Gasteiger partial charge in [0.1, 0.15) is 0 Å². The number of carbonyl (C=O) groups is 2. The van der Waals surface area contributed by atoms with Crippen molar-refractivity contribution in [2.24, 2.45) is 11.8 Å². The third kappa shape index (κ3) is 2.73. The standard InChI is InChI=1S/C16H19NO5/c1-16(2,7-17-14(18)10-6-11(10)15(19)20)9-3-4-12-13(5-9)22-8-21-12/h3-5,10-11H,6-8H2,1-2H3,(H,17,18)(H,19,20)/t10-,11+/m1/s1. The molecule has 0 aromatic heterocycles. The number of carboxylic acids is 1. The highest BCUT2D eigenvalue weighted by atomic mass is 16.7. The fourth-order valence-corrected chi connectivity index (χ4v) is 2.62. The van der Waals surface area contributed by atoms with E-state index in [0.717, 1.165) is 11.3 Å². The van der Waals surface area contributed by atoms with E-state index in [-0.39, 0.29) is 24.0 Å². The van der Waals surface area contributed by atoms with Crippen LogP contribution in [0.1, 0.15) is 25.8 Å². The van der Waals surface area contributed by atoms with E-state index in [1.807, 2.05) is 32.0 Å². The van der Waals surface area contributed by atoms with Crippen LogP contribution in [0, 0.1) is 11.8 Å². The van der Waals surface area contributed by atoms with Gasteiger partial charge in [0.2, 0.25) is 12.7 Å². The van der Waals surface area contributed by atoms with E-state index >= 15 is 0 Å². The maximum atomic E-state index is 12.0. The summed E-state index contributed by atoms with van der Waals surface area (Å²) in [7, 11) is 0. The SMILES string of the molecule is CC(C)(CNC(=O)[C@@H]1C[C@@H]1C(=O)O)c1ccc2c(c1)OCO2. The minimum Gasteiger partial charge on any atom is -0.481 e. The molecule has 1 aromatic rings. The van der Waals surface area contributed by atoms with Crippen LogP contribution in [0.5, 0.6) is 11.5 Å². The van der Waals surface area contributed by atoms with Crippen molar-refractivity contribution < 1.29 is 24.2 Å². The highest BCUT2D eigenvalue weighted by molar-refractivity contribution is 5.89. The summed E-state index contributed by atoms with van der Waals surface area (Å²) in [5, 5.41) is 11.7. The number of carboxylic acid groups (broad SMARTS) is 1. The summed E-state index contributed by atoms with van der Waals surface area (Å²) >= 11 is 0. The lowest BCUT2D eigenvalue weighted by molar-refractivity contribution is -0.140. The van der Waals surface area contributed by atoms with Crippen LogP contribution in [0.15, 0.2) is 18.2 Å². The van der Waals surface area contributed by atoms with Gasteiger partial charge in [-0.05, 0) is 24.1 Å². The van der Waals surface area contributed by atoms with Gasteiger partial charge in [0.15, 0.2) is 11.5 Å². The zero-order valence-electron chi connectivity index (χ0n) is 12.6. The third-order valence-electron chi connectivity index (χ3n) is 4.30. The summed E-state index contributed by atoms with van der Waals surface area (Å²) < 4.78 is 10.7. The molecule has 6 nitrogen and oxygen atoms in total. The highest BCUT2D eigenvalue weighted by Gasteiger charge is 2.48. The largest absolute Gasteiger partial charge is 0.481 e. The third-order valence-corrected chi connectivity index (χ3v) is 4.30.